The fourth-order valence-electron chi connectivity index (χ4n) is 4.27. The molecule has 0 aromatic heterocycles. The third kappa shape index (κ3) is 23.7. The predicted octanol–water partition coefficient (Wildman–Crippen LogP) is 6.13. The van der Waals surface area contributed by atoms with Crippen LogP contribution >= 0.6 is 0 Å². The highest BCUT2D eigenvalue weighted by atomic mass is 16.5. The van der Waals surface area contributed by atoms with Gasteiger partial charge < -0.3 is 21.5 Å². The third-order valence-electron chi connectivity index (χ3n) is 6.36. The number of carbonyl (C=O) groups excluding carboxylic acids is 2. The Morgan fingerprint density at radius 3 is 1.60 bits per heavy atom. The maximum Gasteiger partial charge on any atom is 0.328 e. The van der Waals surface area contributed by atoms with E-state index in [2.05, 4.69) is 17.2 Å². The lowest BCUT2D eigenvalue weighted by Gasteiger charge is -2.17. The lowest BCUT2D eigenvalue weighted by atomic mass is 10.0. The minimum Gasteiger partial charge on any atom is -0.464 e. The summed E-state index contributed by atoms with van der Waals surface area (Å²) in [5, 5.41) is 2.82. The molecule has 7 nitrogen and oxygen atoms in total. The van der Waals surface area contributed by atoms with E-state index >= 15 is 0 Å². The molecule has 0 aromatic rings. The number of esters is 1. The number of hydrogen-bond acceptors (Lipinski definition) is 4. The van der Waals surface area contributed by atoms with E-state index in [9.17, 15) is 9.59 Å². The van der Waals surface area contributed by atoms with Gasteiger partial charge in [-0.3, -0.25) is 9.79 Å². The van der Waals surface area contributed by atoms with Crippen molar-refractivity contribution in [2.24, 2.45) is 16.5 Å². The topological polar surface area (TPSA) is 120 Å². The molecule has 0 heterocycles. The molecule has 0 spiro atoms. The molecule has 0 radical (unpaired) electrons. The summed E-state index contributed by atoms with van der Waals surface area (Å²) < 4.78 is 5.08. The molecule has 0 saturated heterocycles. The molecule has 0 unspecified atom stereocenters. The smallest absolute Gasteiger partial charge is 0.328 e. The molecule has 0 saturated carbocycles. The van der Waals surface area contributed by atoms with Crippen LogP contribution < -0.4 is 16.8 Å². The van der Waals surface area contributed by atoms with Crippen LogP contribution in [0.5, 0.6) is 0 Å². The van der Waals surface area contributed by atoms with Crippen LogP contribution in [-0.4, -0.2) is 37.0 Å². The molecule has 7 heteroatoms. The molecule has 0 rings (SSSR count). The lowest BCUT2D eigenvalue weighted by molar-refractivity contribution is -0.147. The van der Waals surface area contributed by atoms with E-state index in [0.29, 0.717) is 25.8 Å². The normalized spacial score (nSPS) is 11.7. The molecular weight excluding hydrogens is 440 g/mol. The van der Waals surface area contributed by atoms with Crippen LogP contribution in [0.25, 0.3) is 0 Å². The Morgan fingerprint density at radius 2 is 1.17 bits per heavy atom. The van der Waals surface area contributed by atoms with Crippen LogP contribution in [0.3, 0.4) is 0 Å². The van der Waals surface area contributed by atoms with E-state index in [0.717, 1.165) is 12.8 Å². The van der Waals surface area contributed by atoms with Crippen molar-refractivity contribution in [1.82, 2.24) is 5.32 Å². The van der Waals surface area contributed by atoms with Gasteiger partial charge in [0.05, 0.1) is 6.61 Å². The molecule has 0 fully saturated rings. The summed E-state index contributed by atoms with van der Waals surface area (Å²) in [4.78, 5) is 28.3. The van der Waals surface area contributed by atoms with Crippen LogP contribution in [0.15, 0.2) is 4.99 Å². The number of carbonyl (C=O) groups is 2. The number of nitrogens with one attached hydrogen (secondary N) is 1. The Balaban J connectivity index is 3.65. The second-order valence-electron chi connectivity index (χ2n) is 9.73. The fourth-order valence-corrected chi connectivity index (χ4v) is 4.27. The average molecular weight is 497 g/mol. The maximum absolute atomic E-state index is 12.3. The molecule has 1 atom stereocenters. The van der Waals surface area contributed by atoms with Gasteiger partial charge in [-0.15, -0.1) is 0 Å². The Morgan fingerprint density at radius 1 is 0.714 bits per heavy atom. The third-order valence-corrected chi connectivity index (χ3v) is 6.36. The molecule has 1 amide bonds. The highest BCUT2D eigenvalue weighted by Crippen LogP contribution is 2.14. The zero-order valence-corrected chi connectivity index (χ0v) is 23.0. The van der Waals surface area contributed by atoms with Crippen molar-refractivity contribution in [3.63, 3.8) is 0 Å². The van der Waals surface area contributed by atoms with E-state index in [1.165, 1.54) is 96.3 Å². The first-order chi connectivity index (χ1) is 17.0. The van der Waals surface area contributed by atoms with E-state index in [4.69, 9.17) is 16.2 Å². The van der Waals surface area contributed by atoms with Gasteiger partial charge in [-0.05, 0) is 26.2 Å². The average Bonchev–Trinajstić information content (AvgIpc) is 2.83. The van der Waals surface area contributed by atoms with Crippen molar-refractivity contribution in [2.45, 2.75) is 148 Å². The largest absolute Gasteiger partial charge is 0.464 e. The highest BCUT2D eigenvalue weighted by molar-refractivity contribution is 5.84. The minimum absolute atomic E-state index is 0.0283. The molecule has 206 valence electrons. The summed E-state index contributed by atoms with van der Waals surface area (Å²) in [6.45, 7) is 4.74. The van der Waals surface area contributed by atoms with Crippen LogP contribution in [0, 0.1) is 0 Å². The van der Waals surface area contributed by atoms with E-state index in [-0.39, 0.29) is 18.5 Å². The first-order valence-corrected chi connectivity index (χ1v) is 14.5. The van der Waals surface area contributed by atoms with Crippen LogP contribution in [0.2, 0.25) is 0 Å². The summed E-state index contributed by atoms with van der Waals surface area (Å²) in [6, 6.07) is -0.637. The number of nitrogens with two attached hydrogens (primary N) is 2. The number of guanidine groups is 1. The van der Waals surface area contributed by atoms with Crippen molar-refractivity contribution in [3.05, 3.63) is 0 Å². The van der Waals surface area contributed by atoms with Crippen molar-refractivity contribution in [2.75, 3.05) is 13.2 Å². The first-order valence-electron chi connectivity index (χ1n) is 14.5. The van der Waals surface area contributed by atoms with Gasteiger partial charge in [0.15, 0.2) is 5.96 Å². The minimum atomic E-state index is -0.637. The number of hydrogen-bond donors (Lipinski definition) is 3. The Labute approximate surface area is 215 Å². The summed E-state index contributed by atoms with van der Waals surface area (Å²) in [5.41, 5.74) is 10.6. The van der Waals surface area contributed by atoms with Gasteiger partial charge in [0, 0.05) is 13.0 Å². The predicted molar refractivity (Wildman–Crippen MR) is 147 cm³/mol. The molecule has 0 aliphatic carbocycles. The van der Waals surface area contributed by atoms with Gasteiger partial charge in [-0.1, -0.05) is 110 Å². The Bertz CT molecular complexity index is 536. The summed E-state index contributed by atoms with van der Waals surface area (Å²) in [6.07, 6.45) is 23.8. The fraction of sp³-hybridized carbons (Fsp3) is 0.893. The van der Waals surface area contributed by atoms with Crippen molar-refractivity contribution in [1.29, 1.82) is 0 Å². The van der Waals surface area contributed by atoms with Crippen molar-refractivity contribution >= 4 is 17.8 Å². The summed E-state index contributed by atoms with van der Waals surface area (Å²) >= 11 is 0. The highest BCUT2D eigenvalue weighted by Gasteiger charge is 2.21. The van der Waals surface area contributed by atoms with Crippen molar-refractivity contribution < 1.29 is 14.3 Å². The molecule has 5 N–H and O–H groups in total. The van der Waals surface area contributed by atoms with Gasteiger partial charge in [0.1, 0.15) is 6.04 Å². The molecular formula is C28H56N4O3. The van der Waals surface area contributed by atoms with Crippen LogP contribution in [0.1, 0.15) is 142 Å². The molecule has 35 heavy (non-hydrogen) atoms. The van der Waals surface area contributed by atoms with Gasteiger partial charge in [-0.25, -0.2) is 4.79 Å². The first kappa shape index (κ1) is 33.2. The number of aliphatic imine (C=N–C) groups is 1. The maximum atomic E-state index is 12.3. The van der Waals surface area contributed by atoms with Crippen LogP contribution in [-0.2, 0) is 14.3 Å². The molecule has 0 aromatic carbocycles. The van der Waals surface area contributed by atoms with Gasteiger partial charge in [0.25, 0.3) is 0 Å². The number of ether oxygens (including phenoxy) is 1. The Hall–Kier alpha value is -1.79. The quantitative estimate of drug-likeness (QED) is 0.0608. The zero-order chi connectivity index (χ0) is 26.0. The standard InChI is InChI=1S/C28H56N4O3/c1-3-5-6-7-8-9-10-11-12-13-14-15-16-17-18-19-20-23-26(33)32-25(27(34)35-4-2)22-21-24-31-28(29)30/h25H,3-24H2,1-2H3,(H,32,33)(H4,29,30,31)/t25-/m0/s1. The summed E-state index contributed by atoms with van der Waals surface area (Å²) in [7, 11) is 0. The number of unbranched alkanes of at least 4 members (excludes halogenated alkanes) is 16. The second-order valence-corrected chi connectivity index (χ2v) is 9.73. The molecule has 0 bridgehead atoms. The monoisotopic (exact) mass is 496 g/mol. The number of nitrogens with zero attached hydrogens (tertiary/aromatic N) is 1. The SMILES string of the molecule is CCCCCCCCCCCCCCCCCCCC(=O)N[C@@H](CCCN=C(N)N)C(=O)OCC. The summed E-state index contributed by atoms with van der Waals surface area (Å²) in [5.74, 6) is -0.459. The van der Waals surface area contributed by atoms with Gasteiger partial charge in [0.2, 0.25) is 5.91 Å². The zero-order valence-electron chi connectivity index (χ0n) is 23.0. The van der Waals surface area contributed by atoms with Gasteiger partial charge in [-0.2, -0.15) is 0 Å². The van der Waals surface area contributed by atoms with Crippen molar-refractivity contribution in [3.8, 4) is 0 Å². The number of amides is 1. The second kappa shape index (κ2) is 25.3. The molecule has 0 aliphatic rings. The lowest BCUT2D eigenvalue weighted by Crippen LogP contribution is -2.42. The van der Waals surface area contributed by atoms with Gasteiger partial charge >= 0.3 is 5.97 Å². The van der Waals surface area contributed by atoms with E-state index in [1.807, 2.05) is 0 Å². The van der Waals surface area contributed by atoms with E-state index in [1.54, 1.807) is 6.92 Å². The van der Waals surface area contributed by atoms with E-state index < -0.39 is 12.0 Å². The van der Waals surface area contributed by atoms with Crippen LogP contribution in [0.4, 0.5) is 0 Å². The number of rotatable bonds is 25. The Kier molecular flexibility index (Phi) is 24.0. The molecule has 0 aliphatic heterocycles.